The molecule has 1 atom stereocenters. The molecule has 2 aromatic rings. The Morgan fingerprint density at radius 3 is 2.29 bits per heavy atom. The third-order valence-corrected chi connectivity index (χ3v) is 8.63. The fourth-order valence-electron chi connectivity index (χ4n) is 5.76. The smallest absolute Gasteiger partial charge is 0.407 e. The normalized spacial score (nSPS) is 20.7. The fraction of sp³-hybridized carbons (Fsp3) is 0.444. The second kappa shape index (κ2) is 9.93. The Morgan fingerprint density at radius 2 is 1.66 bits per heavy atom. The molecular weight excluding hydrogens is 464 g/mol. The Labute approximate surface area is 209 Å². The van der Waals surface area contributed by atoms with E-state index in [4.69, 9.17) is 4.74 Å². The van der Waals surface area contributed by atoms with E-state index in [2.05, 4.69) is 29.6 Å². The highest BCUT2D eigenvalue weighted by atomic mass is 32.2. The zero-order valence-corrected chi connectivity index (χ0v) is 20.4. The van der Waals surface area contributed by atoms with Gasteiger partial charge in [0.1, 0.15) is 12.6 Å². The molecule has 184 valence electrons. The Kier molecular flexibility index (Phi) is 6.73. The van der Waals surface area contributed by atoms with Gasteiger partial charge in [0.05, 0.1) is 5.41 Å². The molecule has 3 aliphatic rings. The van der Waals surface area contributed by atoms with Crippen molar-refractivity contribution >= 4 is 29.7 Å². The summed E-state index contributed by atoms with van der Waals surface area (Å²) in [4.78, 5) is 39.6. The molecule has 2 aromatic carbocycles. The Hall–Kier alpha value is -3.00. The zero-order chi connectivity index (χ0) is 24.4. The van der Waals surface area contributed by atoms with Gasteiger partial charge in [-0.3, -0.25) is 4.79 Å². The molecule has 1 unspecified atom stereocenters. The lowest BCUT2D eigenvalue weighted by molar-refractivity contribution is -0.154. The monoisotopic (exact) mass is 494 g/mol. The molecule has 1 aliphatic heterocycles. The molecule has 8 heteroatoms. The highest BCUT2D eigenvalue weighted by molar-refractivity contribution is 7.99. The zero-order valence-electron chi connectivity index (χ0n) is 19.6. The number of hydrogen-bond donors (Lipinski definition) is 2. The number of alkyl carbamates (subject to hydrolysis) is 1. The van der Waals surface area contributed by atoms with Gasteiger partial charge in [0.15, 0.2) is 0 Å². The van der Waals surface area contributed by atoms with Crippen LogP contribution in [0.1, 0.15) is 42.7 Å². The average Bonchev–Trinajstić information content (AvgIpc) is 3.49. The Morgan fingerprint density at radius 1 is 1.03 bits per heavy atom. The van der Waals surface area contributed by atoms with Crippen LogP contribution in [-0.2, 0) is 14.3 Å². The van der Waals surface area contributed by atoms with Crippen LogP contribution in [0.5, 0.6) is 0 Å². The summed E-state index contributed by atoms with van der Waals surface area (Å²) in [6.07, 6.45) is 2.52. The Bertz CT molecular complexity index is 1080. The molecule has 0 radical (unpaired) electrons. The number of nitrogens with zero attached hydrogens (tertiary/aromatic N) is 1. The van der Waals surface area contributed by atoms with Gasteiger partial charge < -0.3 is 20.1 Å². The highest BCUT2D eigenvalue weighted by Gasteiger charge is 2.47. The number of hydrogen-bond acceptors (Lipinski definition) is 5. The van der Waals surface area contributed by atoms with E-state index in [-0.39, 0.29) is 25.0 Å². The number of rotatable bonds is 6. The second-order valence-corrected chi connectivity index (χ2v) is 10.7. The lowest BCUT2D eigenvalue weighted by Gasteiger charge is -2.39. The first-order valence-electron chi connectivity index (χ1n) is 12.2. The number of amides is 2. The van der Waals surface area contributed by atoms with E-state index >= 15 is 0 Å². The van der Waals surface area contributed by atoms with E-state index in [1.54, 1.807) is 11.8 Å². The molecule has 0 spiro atoms. The van der Waals surface area contributed by atoms with Gasteiger partial charge in [-0.05, 0) is 35.1 Å². The number of carbonyl (C=O) groups excluding carboxylic acids is 2. The van der Waals surface area contributed by atoms with Crippen molar-refractivity contribution in [3.05, 3.63) is 59.7 Å². The molecule has 7 nitrogen and oxygen atoms in total. The molecule has 1 saturated heterocycles. The first-order valence-corrected chi connectivity index (χ1v) is 13.4. The summed E-state index contributed by atoms with van der Waals surface area (Å²) in [5.41, 5.74) is 3.86. The van der Waals surface area contributed by atoms with Crippen LogP contribution in [0.3, 0.4) is 0 Å². The minimum absolute atomic E-state index is 0.0302. The summed E-state index contributed by atoms with van der Waals surface area (Å²) >= 11 is 1.56. The first-order chi connectivity index (χ1) is 17.0. The number of nitrogens with one attached hydrogen (secondary N) is 1. The van der Waals surface area contributed by atoms with Gasteiger partial charge in [-0.15, -0.1) is 0 Å². The van der Waals surface area contributed by atoms with Crippen LogP contribution in [0.15, 0.2) is 48.5 Å². The molecule has 2 fully saturated rings. The van der Waals surface area contributed by atoms with Crippen LogP contribution in [-0.4, -0.2) is 65.2 Å². The summed E-state index contributed by atoms with van der Waals surface area (Å²) in [7, 11) is 0. The summed E-state index contributed by atoms with van der Waals surface area (Å²) < 4.78 is 5.66. The minimum atomic E-state index is -0.969. The maximum absolute atomic E-state index is 13.6. The minimum Gasteiger partial charge on any atom is -0.480 e. The lowest BCUT2D eigenvalue weighted by atomic mass is 9.84. The number of carbonyl (C=O) groups is 3. The van der Waals surface area contributed by atoms with Gasteiger partial charge in [-0.2, -0.15) is 11.8 Å². The maximum atomic E-state index is 13.6. The first kappa shape index (κ1) is 23.7. The largest absolute Gasteiger partial charge is 0.480 e. The van der Waals surface area contributed by atoms with Crippen LogP contribution in [0.4, 0.5) is 4.79 Å². The molecule has 2 N–H and O–H groups in total. The molecule has 35 heavy (non-hydrogen) atoms. The van der Waals surface area contributed by atoms with Gasteiger partial charge in [0.2, 0.25) is 5.91 Å². The highest BCUT2D eigenvalue weighted by Crippen LogP contribution is 2.44. The molecule has 0 aromatic heterocycles. The molecule has 2 aliphatic carbocycles. The lowest BCUT2D eigenvalue weighted by Crippen LogP contribution is -2.57. The Balaban J connectivity index is 1.24. The number of aliphatic carboxylic acids is 1. The number of ether oxygens (including phenoxy) is 1. The number of benzene rings is 2. The topological polar surface area (TPSA) is 95.9 Å². The quantitative estimate of drug-likeness (QED) is 0.627. The second-order valence-electron chi connectivity index (χ2n) is 9.59. The standard InChI is InChI=1S/C27H30N2O5S/c30-24(31)23-16-35-14-13-29(23)25(32)27(11-5-6-12-27)17-28-26(33)34-15-22-20-9-3-1-7-18(20)19-8-2-4-10-21(19)22/h1-4,7-10,22-23H,5-6,11-17H2,(H,28,33)(H,30,31). The van der Waals surface area contributed by atoms with Crippen molar-refractivity contribution in [2.24, 2.45) is 5.41 Å². The number of carboxylic acids is 1. The van der Waals surface area contributed by atoms with E-state index < -0.39 is 23.5 Å². The summed E-state index contributed by atoms with van der Waals surface area (Å²) in [6.45, 7) is 0.802. The van der Waals surface area contributed by atoms with Gasteiger partial charge in [-0.1, -0.05) is 61.4 Å². The molecule has 5 rings (SSSR count). The molecule has 2 amide bonds. The van der Waals surface area contributed by atoms with E-state index in [0.717, 1.165) is 29.7 Å². The maximum Gasteiger partial charge on any atom is 0.407 e. The van der Waals surface area contributed by atoms with Crippen LogP contribution in [0, 0.1) is 5.41 Å². The van der Waals surface area contributed by atoms with Crippen LogP contribution in [0.2, 0.25) is 0 Å². The third kappa shape index (κ3) is 4.51. The van der Waals surface area contributed by atoms with E-state index in [1.165, 1.54) is 16.0 Å². The predicted molar refractivity (Wildman–Crippen MR) is 134 cm³/mol. The van der Waals surface area contributed by atoms with Crippen LogP contribution < -0.4 is 5.32 Å². The van der Waals surface area contributed by atoms with Crippen molar-refractivity contribution in [1.29, 1.82) is 0 Å². The molecule has 1 heterocycles. The van der Waals surface area contributed by atoms with Crippen LogP contribution >= 0.6 is 11.8 Å². The predicted octanol–water partition coefficient (Wildman–Crippen LogP) is 4.11. The third-order valence-electron chi connectivity index (χ3n) is 7.60. The van der Waals surface area contributed by atoms with E-state index in [0.29, 0.717) is 25.1 Å². The molecule has 1 saturated carbocycles. The SMILES string of the molecule is O=C(NCC1(C(=O)N2CCSCC2C(=O)O)CCCC1)OCC1c2ccccc2-c2ccccc21. The van der Waals surface area contributed by atoms with Crippen molar-refractivity contribution in [3.63, 3.8) is 0 Å². The van der Waals surface area contributed by atoms with Gasteiger partial charge in [0, 0.05) is 30.5 Å². The summed E-state index contributed by atoms with van der Waals surface area (Å²) in [5.74, 6) is -0.0234. The van der Waals surface area contributed by atoms with Crippen molar-refractivity contribution in [3.8, 4) is 11.1 Å². The van der Waals surface area contributed by atoms with Crippen molar-refractivity contribution in [2.45, 2.75) is 37.6 Å². The van der Waals surface area contributed by atoms with Crippen molar-refractivity contribution in [2.75, 3.05) is 31.2 Å². The number of fused-ring (bicyclic) bond motifs is 3. The van der Waals surface area contributed by atoms with Gasteiger partial charge in [-0.25, -0.2) is 9.59 Å². The van der Waals surface area contributed by atoms with E-state index in [9.17, 15) is 19.5 Å². The van der Waals surface area contributed by atoms with E-state index in [1.807, 2.05) is 24.3 Å². The van der Waals surface area contributed by atoms with Crippen LogP contribution in [0.25, 0.3) is 11.1 Å². The fourth-order valence-corrected chi connectivity index (χ4v) is 6.80. The average molecular weight is 495 g/mol. The van der Waals surface area contributed by atoms with Crippen molar-refractivity contribution < 1.29 is 24.2 Å². The number of thioether (sulfide) groups is 1. The van der Waals surface area contributed by atoms with Crippen molar-refractivity contribution in [1.82, 2.24) is 10.2 Å². The van der Waals surface area contributed by atoms with Gasteiger partial charge in [0.25, 0.3) is 0 Å². The summed E-state index contributed by atoms with van der Waals surface area (Å²) in [6, 6.07) is 15.5. The van der Waals surface area contributed by atoms with Gasteiger partial charge >= 0.3 is 12.1 Å². The number of carboxylic acid groups (broad SMARTS) is 1. The summed E-state index contributed by atoms with van der Waals surface area (Å²) in [5, 5.41) is 12.5. The molecular formula is C27H30N2O5S. The molecule has 0 bridgehead atoms.